The van der Waals surface area contributed by atoms with E-state index in [0.29, 0.717) is 24.8 Å². The minimum atomic E-state index is 0. The Bertz CT molecular complexity index is 520. The van der Waals surface area contributed by atoms with Crippen molar-refractivity contribution in [1.82, 2.24) is 10.6 Å². The van der Waals surface area contributed by atoms with E-state index in [2.05, 4.69) is 48.7 Å². The van der Waals surface area contributed by atoms with E-state index in [1.807, 2.05) is 0 Å². The number of rotatable bonds is 4. The smallest absolute Gasteiger partial charge is 0.191 e. The number of halogens is 1. The number of benzene rings is 1. The highest BCUT2D eigenvalue weighted by Crippen LogP contribution is 2.34. The Morgan fingerprint density at radius 2 is 2.23 bits per heavy atom. The van der Waals surface area contributed by atoms with Crippen LogP contribution in [-0.2, 0) is 11.3 Å². The molecule has 2 fully saturated rings. The molecule has 3 atom stereocenters. The monoisotopic (exact) mass is 415 g/mol. The number of fused-ring (bicyclic) bond motifs is 2. The van der Waals surface area contributed by atoms with Gasteiger partial charge in [0.25, 0.3) is 0 Å². The molecule has 0 saturated carbocycles. The molecule has 4 nitrogen and oxygen atoms in total. The van der Waals surface area contributed by atoms with Crippen LogP contribution in [0.3, 0.4) is 0 Å². The molecule has 2 aliphatic heterocycles. The predicted molar refractivity (Wildman–Crippen MR) is 101 cm³/mol. The van der Waals surface area contributed by atoms with E-state index in [4.69, 9.17) is 9.73 Å². The number of aryl methyl sites for hydroxylation is 1. The number of hydrogen-bond donors (Lipinski definition) is 2. The zero-order chi connectivity index (χ0) is 14.7. The summed E-state index contributed by atoms with van der Waals surface area (Å²) < 4.78 is 5.90. The normalized spacial score (nSPS) is 26.6. The molecule has 0 aliphatic carbocycles. The number of hydrogen-bond acceptors (Lipinski definition) is 2. The molecule has 0 amide bonds. The Morgan fingerprint density at radius 3 is 2.86 bits per heavy atom. The van der Waals surface area contributed by atoms with Crippen LogP contribution in [0.25, 0.3) is 0 Å². The second-order valence-electron chi connectivity index (χ2n) is 6.04. The van der Waals surface area contributed by atoms with Crippen molar-refractivity contribution in [3.05, 3.63) is 35.4 Å². The summed E-state index contributed by atoms with van der Waals surface area (Å²) in [6, 6.07) is 8.93. The van der Waals surface area contributed by atoms with Crippen molar-refractivity contribution >= 4 is 29.9 Å². The van der Waals surface area contributed by atoms with Crippen molar-refractivity contribution in [3.8, 4) is 0 Å². The van der Waals surface area contributed by atoms with Gasteiger partial charge in [-0.15, -0.1) is 24.0 Å². The quantitative estimate of drug-likeness (QED) is 0.452. The third-order valence-corrected chi connectivity index (χ3v) is 4.27. The number of ether oxygens (including phenoxy) is 1. The molecular formula is C17H26IN3O. The zero-order valence-corrected chi connectivity index (χ0v) is 15.7. The summed E-state index contributed by atoms with van der Waals surface area (Å²) in [4.78, 5) is 4.71. The fourth-order valence-corrected chi connectivity index (χ4v) is 3.27. The first kappa shape index (κ1) is 17.5. The molecule has 0 aromatic heterocycles. The van der Waals surface area contributed by atoms with Gasteiger partial charge in [-0.25, -0.2) is 4.99 Å². The Hall–Kier alpha value is -0.820. The molecule has 22 heavy (non-hydrogen) atoms. The molecule has 3 rings (SSSR count). The van der Waals surface area contributed by atoms with Crippen LogP contribution in [-0.4, -0.2) is 30.8 Å². The first-order valence-electron chi connectivity index (χ1n) is 8.00. The molecule has 2 aliphatic rings. The maximum absolute atomic E-state index is 5.90. The third kappa shape index (κ3) is 4.35. The van der Waals surface area contributed by atoms with Gasteiger partial charge in [0, 0.05) is 6.54 Å². The van der Waals surface area contributed by atoms with Gasteiger partial charge in [0.2, 0.25) is 0 Å². The van der Waals surface area contributed by atoms with Crippen molar-refractivity contribution < 1.29 is 4.74 Å². The lowest BCUT2D eigenvalue weighted by Gasteiger charge is -2.22. The van der Waals surface area contributed by atoms with E-state index in [9.17, 15) is 0 Å². The Labute approximate surface area is 150 Å². The number of nitrogens with zero attached hydrogens (tertiary/aromatic N) is 1. The number of nitrogens with one attached hydrogen (secondary N) is 2. The van der Waals surface area contributed by atoms with Crippen molar-refractivity contribution in [3.63, 3.8) is 0 Å². The molecule has 3 unspecified atom stereocenters. The minimum absolute atomic E-state index is 0. The molecule has 122 valence electrons. The van der Waals surface area contributed by atoms with Crippen molar-refractivity contribution in [2.75, 3.05) is 6.54 Å². The Balaban J connectivity index is 0.00000176. The minimum Gasteiger partial charge on any atom is -0.373 e. The van der Waals surface area contributed by atoms with E-state index in [1.54, 1.807) is 0 Å². The highest BCUT2D eigenvalue weighted by molar-refractivity contribution is 14.0. The van der Waals surface area contributed by atoms with Crippen LogP contribution < -0.4 is 10.6 Å². The van der Waals surface area contributed by atoms with E-state index in [-0.39, 0.29) is 24.0 Å². The standard InChI is InChI=1S/C17H25N3O.HI/c1-3-18-17(19-11-13-6-4-5-12(2)9-13)20-15-10-14-7-8-16(15)21-14;/h4-6,9,14-16H,3,7-8,10-11H2,1-2H3,(H2,18,19,20);1H. The molecule has 2 bridgehead atoms. The van der Waals surface area contributed by atoms with Crippen LogP contribution in [0.4, 0.5) is 0 Å². The fraction of sp³-hybridized carbons (Fsp3) is 0.588. The lowest BCUT2D eigenvalue weighted by molar-refractivity contribution is 0.0992. The summed E-state index contributed by atoms with van der Waals surface area (Å²) >= 11 is 0. The van der Waals surface area contributed by atoms with Crippen LogP contribution in [0.2, 0.25) is 0 Å². The molecule has 2 N–H and O–H groups in total. The zero-order valence-electron chi connectivity index (χ0n) is 13.3. The Kier molecular flexibility index (Phi) is 6.50. The van der Waals surface area contributed by atoms with Crippen molar-refractivity contribution in [1.29, 1.82) is 0 Å². The molecule has 1 aromatic carbocycles. The average Bonchev–Trinajstić information content (AvgIpc) is 3.08. The van der Waals surface area contributed by atoms with E-state index in [0.717, 1.165) is 18.9 Å². The average molecular weight is 415 g/mol. The van der Waals surface area contributed by atoms with Crippen LogP contribution in [0.5, 0.6) is 0 Å². The second-order valence-corrected chi connectivity index (χ2v) is 6.04. The second kappa shape index (κ2) is 8.15. The van der Waals surface area contributed by atoms with Crippen LogP contribution in [0.15, 0.2) is 29.3 Å². The van der Waals surface area contributed by atoms with Gasteiger partial charge in [0.05, 0.1) is 24.8 Å². The molecule has 5 heteroatoms. The summed E-state index contributed by atoms with van der Waals surface area (Å²) in [6.45, 7) is 5.80. The number of aliphatic imine (C=N–C) groups is 1. The van der Waals surface area contributed by atoms with Gasteiger partial charge in [-0.05, 0) is 38.7 Å². The molecule has 2 saturated heterocycles. The van der Waals surface area contributed by atoms with Crippen molar-refractivity contribution in [2.45, 2.75) is 57.9 Å². The summed E-state index contributed by atoms with van der Waals surface area (Å²) in [5.41, 5.74) is 2.53. The van der Waals surface area contributed by atoms with Crippen LogP contribution in [0.1, 0.15) is 37.3 Å². The van der Waals surface area contributed by atoms with Gasteiger partial charge in [-0.1, -0.05) is 29.8 Å². The van der Waals surface area contributed by atoms with Gasteiger partial charge < -0.3 is 15.4 Å². The van der Waals surface area contributed by atoms with Gasteiger partial charge in [0.1, 0.15) is 0 Å². The molecule has 1 aromatic rings. The Morgan fingerprint density at radius 1 is 1.36 bits per heavy atom. The van der Waals surface area contributed by atoms with E-state index in [1.165, 1.54) is 24.0 Å². The first-order chi connectivity index (χ1) is 10.2. The van der Waals surface area contributed by atoms with Crippen LogP contribution in [0, 0.1) is 6.92 Å². The topological polar surface area (TPSA) is 45.7 Å². The van der Waals surface area contributed by atoms with Crippen molar-refractivity contribution in [2.24, 2.45) is 4.99 Å². The van der Waals surface area contributed by atoms with E-state index < -0.39 is 0 Å². The largest absolute Gasteiger partial charge is 0.373 e. The maximum Gasteiger partial charge on any atom is 0.191 e. The van der Waals surface area contributed by atoms with Gasteiger partial charge in [-0.3, -0.25) is 0 Å². The highest BCUT2D eigenvalue weighted by atomic mass is 127. The van der Waals surface area contributed by atoms with E-state index >= 15 is 0 Å². The summed E-state index contributed by atoms with van der Waals surface area (Å²) in [5, 5.41) is 6.88. The van der Waals surface area contributed by atoms with Gasteiger partial charge in [-0.2, -0.15) is 0 Å². The third-order valence-electron chi connectivity index (χ3n) is 4.27. The summed E-state index contributed by atoms with van der Waals surface area (Å²) in [5.74, 6) is 0.903. The highest BCUT2D eigenvalue weighted by Gasteiger charge is 2.41. The van der Waals surface area contributed by atoms with Gasteiger partial charge in [0.15, 0.2) is 5.96 Å². The molecular weight excluding hydrogens is 389 g/mol. The summed E-state index contributed by atoms with van der Waals surface area (Å²) in [7, 11) is 0. The number of guanidine groups is 1. The first-order valence-corrected chi connectivity index (χ1v) is 8.00. The molecule has 0 spiro atoms. The van der Waals surface area contributed by atoms with Crippen LogP contribution >= 0.6 is 24.0 Å². The fourth-order valence-electron chi connectivity index (χ4n) is 3.27. The molecule has 0 radical (unpaired) electrons. The predicted octanol–water partition coefficient (Wildman–Crippen LogP) is 2.99. The van der Waals surface area contributed by atoms with Gasteiger partial charge >= 0.3 is 0 Å². The lowest BCUT2D eigenvalue weighted by Crippen LogP contribution is -2.47. The SMILES string of the molecule is CCNC(=NCc1cccc(C)c1)NC1CC2CCC1O2.I. The molecule has 2 heterocycles. The lowest BCUT2D eigenvalue weighted by atomic mass is 9.96. The maximum atomic E-state index is 5.90. The summed E-state index contributed by atoms with van der Waals surface area (Å²) in [6.07, 6.45) is 4.35.